The fourth-order valence-corrected chi connectivity index (χ4v) is 4.38. The van der Waals surface area contributed by atoms with E-state index in [2.05, 4.69) is 15.5 Å². The van der Waals surface area contributed by atoms with Crippen molar-refractivity contribution >= 4 is 23.1 Å². The molecule has 0 radical (unpaired) electrons. The minimum absolute atomic E-state index is 0.112. The number of hydrogen-bond donors (Lipinski definition) is 1. The number of benzene rings is 2. The van der Waals surface area contributed by atoms with Crippen molar-refractivity contribution in [3.63, 3.8) is 0 Å². The highest BCUT2D eigenvalue weighted by atomic mass is 32.1. The molecule has 0 bridgehead atoms. The van der Waals surface area contributed by atoms with Gasteiger partial charge in [-0.05, 0) is 44.0 Å². The maximum Gasteiger partial charge on any atom is 0.321 e. The van der Waals surface area contributed by atoms with E-state index >= 15 is 0 Å². The Morgan fingerprint density at radius 1 is 1.10 bits per heavy atom. The van der Waals surface area contributed by atoms with Gasteiger partial charge in [-0.25, -0.2) is 13.6 Å². The maximum atomic E-state index is 14.0. The van der Waals surface area contributed by atoms with Gasteiger partial charge in [-0.2, -0.15) is 0 Å². The van der Waals surface area contributed by atoms with Crippen molar-refractivity contribution in [3.05, 3.63) is 64.7 Å². The number of likely N-dealkylation sites (tertiary alicyclic amines) is 1. The van der Waals surface area contributed by atoms with Crippen molar-refractivity contribution in [1.82, 2.24) is 15.1 Å². The van der Waals surface area contributed by atoms with Crippen molar-refractivity contribution < 1.29 is 13.6 Å². The normalized spacial score (nSPS) is 14.8. The lowest BCUT2D eigenvalue weighted by Crippen LogP contribution is -2.40. The van der Waals surface area contributed by atoms with Gasteiger partial charge in [-0.3, -0.25) is 0 Å². The van der Waals surface area contributed by atoms with Gasteiger partial charge in [0, 0.05) is 36.3 Å². The third-order valence-electron chi connectivity index (χ3n) is 5.04. The lowest BCUT2D eigenvalue weighted by molar-refractivity contribution is 0.194. The number of rotatable bonds is 3. The van der Waals surface area contributed by atoms with E-state index in [9.17, 15) is 13.6 Å². The third-order valence-corrected chi connectivity index (χ3v) is 6.16. The van der Waals surface area contributed by atoms with Crippen LogP contribution in [0.4, 0.5) is 19.3 Å². The number of aromatic nitrogens is 2. The summed E-state index contributed by atoms with van der Waals surface area (Å²) in [7, 11) is 0. The van der Waals surface area contributed by atoms with Crippen molar-refractivity contribution in [2.45, 2.75) is 25.7 Å². The Kier molecular flexibility index (Phi) is 5.53. The first-order valence-corrected chi connectivity index (χ1v) is 10.2. The molecule has 0 unspecified atom stereocenters. The van der Waals surface area contributed by atoms with Crippen LogP contribution in [0.2, 0.25) is 0 Å². The molecule has 8 heteroatoms. The molecule has 0 saturated carbocycles. The monoisotopic (exact) mass is 414 g/mol. The Morgan fingerprint density at radius 2 is 1.83 bits per heavy atom. The van der Waals surface area contributed by atoms with Crippen LogP contribution in [0, 0.1) is 18.6 Å². The average Bonchev–Trinajstić information content (AvgIpc) is 3.20. The van der Waals surface area contributed by atoms with E-state index in [4.69, 9.17) is 0 Å². The van der Waals surface area contributed by atoms with E-state index in [1.165, 1.54) is 23.5 Å². The second-order valence-corrected chi connectivity index (χ2v) is 8.14. The molecular weight excluding hydrogens is 394 g/mol. The summed E-state index contributed by atoms with van der Waals surface area (Å²) in [6.07, 6.45) is 1.53. The van der Waals surface area contributed by atoms with Gasteiger partial charge in [-0.15, -0.1) is 10.2 Å². The number of nitrogens with one attached hydrogen (secondary N) is 1. The summed E-state index contributed by atoms with van der Waals surface area (Å²) in [4.78, 5) is 14.3. The van der Waals surface area contributed by atoms with Gasteiger partial charge in [0.05, 0.1) is 0 Å². The number of urea groups is 1. The minimum Gasteiger partial charge on any atom is -0.324 e. The van der Waals surface area contributed by atoms with Crippen LogP contribution >= 0.6 is 11.3 Å². The van der Waals surface area contributed by atoms with Crippen molar-refractivity contribution in [2.24, 2.45) is 0 Å². The molecule has 0 atom stereocenters. The molecule has 1 N–H and O–H groups in total. The van der Waals surface area contributed by atoms with Gasteiger partial charge in [0.25, 0.3) is 0 Å². The molecule has 2 amide bonds. The fraction of sp³-hybridized carbons (Fsp3) is 0.286. The summed E-state index contributed by atoms with van der Waals surface area (Å²) in [6, 6.07) is 11.0. The Bertz CT molecular complexity index is 1010. The van der Waals surface area contributed by atoms with Crippen LogP contribution < -0.4 is 5.32 Å². The summed E-state index contributed by atoms with van der Waals surface area (Å²) in [6.45, 7) is 3.23. The van der Waals surface area contributed by atoms with Gasteiger partial charge >= 0.3 is 6.03 Å². The van der Waals surface area contributed by atoms with E-state index < -0.39 is 11.6 Å². The number of amides is 2. The lowest BCUT2D eigenvalue weighted by Gasteiger charge is -2.31. The van der Waals surface area contributed by atoms with Crippen LogP contribution in [0.25, 0.3) is 10.6 Å². The van der Waals surface area contributed by atoms with Crippen molar-refractivity contribution in [3.8, 4) is 10.6 Å². The van der Waals surface area contributed by atoms with Crippen LogP contribution in [-0.2, 0) is 0 Å². The molecule has 29 heavy (non-hydrogen) atoms. The summed E-state index contributed by atoms with van der Waals surface area (Å²) < 4.78 is 27.1. The highest BCUT2D eigenvalue weighted by Gasteiger charge is 2.26. The van der Waals surface area contributed by atoms with E-state index in [1.807, 2.05) is 31.2 Å². The Hall–Kier alpha value is -2.87. The Balaban J connectivity index is 1.36. The van der Waals surface area contributed by atoms with Crippen molar-refractivity contribution in [1.29, 1.82) is 0 Å². The first kappa shape index (κ1) is 19.4. The summed E-state index contributed by atoms with van der Waals surface area (Å²) in [5, 5.41) is 12.5. The molecule has 1 fully saturated rings. The quantitative estimate of drug-likeness (QED) is 0.641. The minimum atomic E-state index is -0.643. The Labute approximate surface area is 171 Å². The molecule has 1 aromatic heterocycles. The summed E-state index contributed by atoms with van der Waals surface area (Å²) in [5.41, 5.74) is 2.17. The topological polar surface area (TPSA) is 58.1 Å². The van der Waals surface area contributed by atoms with E-state index in [1.54, 1.807) is 4.90 Å². The third kappa shape index (κ3) is 4.42. The first-order valence-electron chi connectivity index (χ1n) is 9.41. The van der Waals surface area contributed by atoms with Gasteiger partial charge in [-0.1, -0.05) is 29.0 Å². The lowest BCUT2D eigenvalue weighted by atomic mass is 9.98. The number of aryl methyl sites for hydroxylation is 1. The zero-order chi connectivity index (χ0) is 20.4. The van der Waals surface area contributed by atoms with Gasteiger partial charge in [0.1, 0.15) is 16.6 Å². The van der Waals surface area contributed by atoms with Crippen LogP contribution in [0.15, 0.2) is 42.5 Å². The number of nitrogens with zero attached hydrogens (tertiary/aromatic N) is 3. The number of carbonyl (C=O) groups is 1. The number of carbonyl (C=O) groups excluding carboxylic acids is 1. The zero-order valence-electron chi connectivity index (χ0n) is 15.9. The number of hydrogen-bond acceptors (Lipinski definition) is 4. The molecule has 1 saturated heterocycles. The highest BCUT2D eigenvalue weighted by Crippen LogP contribution is 2.34. The van der Waals surface area contributed by atoms with Gasteiger partial charge < -0.3 is 10.2 Å². The van der Waals surface area contributed by atoms with Gasteiger partial charge in [0.15, 0.2) is 5.01 Å². The van der Waals surface area contributed by atoms with Crippen LogP contribution in [0.5, 0.6) is 0 Å². The molecule has 2 heterocycles. The SMILES string of the molecule is Cc1ccc(NC(=O)N2CCC(c3nnc(-c4ccc(F)cc4F)s3)CC2)cc1. The highest BCUT2D eigenvalue weighted by molar-refractivity contribution is 7.14. The number of halogens is 2. The maximum absolute atomic E-state index is 14.0. The summed E-state index contributed by atoms with van der Waals surface area (Å²) >= 11 is 1.32. The first-order chi connectivity index (χ1) is 14.0. The second-order valence-electron chi connectivity index (χ2n) is 7.13. The molecule has 2 aromatic carbocycles. The second kappa shape index (κ2) is 8.24. The summed E-state index contributed by atoms with van der Waals surface area (Å²) in [5.74, 6) is -1.09. The molecule has 4 rings (SSSR count). The van der Waals surface area contributed by atoms with Crippen LogP contribution in [0.1, 0.15) is 29.3 Å². The number of anilines is 1. The molecule has 3 aromatic rings. The fourth-order valence-electron chi connectivity index (χ4n) is 3.34. The molecule has 1 aliphatic heterocycles. The van der Waals surface area contributed by atoms with Crippen molar-refractivity contribution in [2.75, 3.05) is 18.4 Å². The molecule has 0 aliphatic carbocycles. The average molecular weight is 414 g/mol. The van der Waals surface area contributed by atoms with E-state index in [-0.39, 0.29) is 17.5 Å². The zero-order valence-corrected chi connectivity index (χ0v) is 16.7. The van der Waals surface area contributed by atoms with E-state index in [0.29, 0.717) is 18.1 Å². The standard InChI is InChI=1S/C21H20F2N4OS/c1-13-2-5-16(6-3-13)24-21(28)27-10-8-14(9-11-27)19-25-26-20(29-19)17-7-4-15(22)12-18(17)23/h2-7,12,14H,8-11H2,1H3,(H,24,28). The Morgan fingerprint density at radius 3 is 2.52 bits per heavy atom. The molecule has 0 spiro atoms. The van der Waals surface area contributed by atoms with E-state index in [0.717, 1.165) is 35.2 Å². The van der Waals surface area contributed by atoms with Crippen LogP contribution in [-0.4, -0.2) is 34.2 Å². The predicted octanol–water partition coefficient (Wildman–Crippen LogP) is 5.20. The molecule has 150 valence electrons. The largest absolute Gasteiger partial charge is 0.324 e. The molecule has 1 aliphatic rings. The molecular formula is C21H20F2N4OS. The molecule has 5 nitrogen and oxygen atoms in total. The number of piperidine rings is 1. The smallest absolute Gasteiger partial charge is 0.321 e. The van der Waals surface area contributed by atoms with Gasteiger partial charge in [0.2, 0.25) is 0 Å². The van der Waals surface area contributed by atoms with Crippen LogP contribution in [0.3, 0.4) is 0 Å². The predicted molar refractivity (Wildman–Crippen MR) is 109 cm³/mol.